The van der Waals surface area contributed by atoms with Crippen molar-refractivity contribution < 1.29 is 9.53 Å². The van der Waals surface area contributed by atoms with Crippen LogP contribution in [0.25, 0.3) is 0 Å². The highest BCUT2D eigenvalue weighted by molar-refractivity contribution is 5.79. The number of nitrogens with two attached hydrogens (primary N) is 1. The molecule has 0 aromatic carbocycles. The Hall–Kier alpha value is -0.610. The topological polar surface area (TPSA) is 64.4 Å². The molecule has 0 aliphatic carbocycles. The lowest BCUT2D eigenvalue weighted by atomic mass is 10.0. The zero-order valence-electron chi connectivity index (χ0n) is 9.12. The molecule has 1 aliphatic rings. The number of nitrogens with one attached hydrogen (secondary N) is 1. The van der Waals surface area contributed by atoms with Crippen LogP contribution in [-0.4, -0.2) is 31.2 Å². The Balaban J connectivity index is 2.40. The summed E-state index contributed by atoms with van der Waals surface area (Å²) in [6.07, 6.45) is 0. The van der Waals surface area contributed by atoms with E-state index in [1.165, 1.54) is 0 Å². The van der Waals surface area contributed by atoms with Crippen LogP contribution in [0.3, 0.4) is 0 Å². The number of hydrogen-bond acceptors (Lipinski definition) is 3. The summed E-state index contributed by atoms with van der Waals surface area (Å²) < 4.78 is 5.26. The van der Waals surface area contributed by atoms with Crippen LogP contribution in [0.2, 0.25) is 0 Å². The van der Waals surface area contributed by atoms with Crippen LogP contribution in [0.5, 0.6) is 0 Å². The molecule has 3 N–H and O–H groups in total. The molecular weight excluding hydrogens is 180 g/mol. The number of ether oxygens (including phenoxy) is 1. The standard InChI is InChI=1S/C10H20N2O2/c1-6-4-14-5-9(6)12-10(13)7(2)8(3)11/h6-9H,4-5,11H2,1-3H3,(H,12,13). The molecule has 0 saturated carbocycles. The molecule has 1 fully saturated rings. The Kier molecular flexibility index (Phi) is 3.89. The van der Waals surface area contributed by atoms with Gasteiger partial charge in [0.25, 0.3) is 0 Å². The first-order valence-electron chi connectivity index (χ1n) is 5.16. The molecule has 1 rings (SSSR count). The van der Waals surface area contributed by atoms with Gasteiger partial charge in [-0.2, -0.15) is 0 Å². The van der Waals surface area contributed by atoms with Crippen molar-refractivity contribution in [3.05, 3.63) is 0 Å². The fourth-order valence-electron chi connectivity index (χ4n) is 1.40. The fraction of sp³-hybridized carbons (Fsp3) is 0.900. The van der Waals surface area contributed by atoms with Crippen molar-refractivity contribution in [3.8, 4) is 0 Å². The Morgan fingerprint density at radius 2 is 2.14 bits per heavy atom. The summed E-state index contributed by atoms with van der Waals surface area (Å²) in [5.41, 5.74) is 5.65. The van der Waals surface area contributed by atoms with E-state index in [2.05, 4.69) is 12.2 Å². The van der Waals surface area contributed by atoms with Crippen LogP contribution in [0.4, 0.5) is 0 Å². The van der Waals surface area contributed by atoms with Crippen LogP contribution in [0.1, 0.15) is 20.8 Å². The van der Waals surface area contributed by atoms with E-state index in [1.807, 2.05) is 13.8 Å². The third kappa shape index (κ3) is 2.69. The number of hydrogen-bond donors (Lipinski definition) is 2. The van der Waals surface area contributed by atoms with Gasteiger partial charge in [0, 0.05) is 17.9 Å². The second-order valence-electron chi connectivity index (χ2n) is 4.28. The molecule has 14 heavy (non-hydrogen) atoms. The molecule has 1 aliphatic heterocycles. The SMILES string of the molecule is CC(N)C(C)C(=O)NC1COCC1C. The lowest BCUT2D eigenvalue weighted by molar-refractivity contribution is -0.125. The molecule has 4 atom stereocenters. The van der Waals surface area contributed by atoms with Crippen molar-refractivity contribution in [2.24, 2.45) is 17.6 Å². The summed E-state index contributed by atoms with van der Waals surface area (Å²) in [6, 6.07) is 0.0522. The molecule has 4 heteroatoms. The quantitative estimate of drug-likeness (QED) is 0.680. The van der Waals surface area contributed by atoms with E-state index in [1.54, 1.807) is 0 Å². The average molecular weight is 200 g/mol. The van der Waals surface area contributed by atoms with Gasteiger partial charge < -0.3 is 15.8 Å². The third-order valence-electron chi connectivity index (χ3n) is 2.89. The maximum atomic E-state index is 11.6. The van der Waals surface area contributed by atoms with Crippen LogP contribution >= 0.6 is 0 Å². The van der Waals surface area contributed by atoms with E-state index >= 15 is 0 Å². The van der Waals surface area contributed by atoms with Crippen molar-refractivity contribution in [2.75, 3.05) is 13.2 Å². The van der Waals surface area contributed by atoms with Gasteiger partial charge in [0.05, 0.1) is 19.3 Å². The first kappa shape index (κ1) is 11.5. The maximum absolute atomic E-state index is 11.6. The van der Waals surface area contributed by atoms with Gasteiger partial charge in [-0.1, -0.05) is 13.8 Å². The van der Waals surface area contributed by atoms with E-state index in [9.17, 15) is 4.79 Å². The summed E-state index contributed by atoms with van der Waals surface area (Å²) in [5.74, 6) is 0.296. The number of carbonyl (C=O) groups is 1. The minimum atomic E-state index is -0.136. The monoisotopic (exact) mass is 200 g/mol. The summed E-state index contributed by atoms with van der Waals surface area (Å²) >= 11 is 0. The number of amides is 1. The number of rotatable bonds is 3. The molecular formula is C10H20N2O2. The van der Waals surface area contributed by atoms with Crippen molar-refractivity contribution >= 4 is 5.91 Å². The van der Waals surface area contributed by atoms with Crippen LogP contribution in [0, 0.1) is 11.8 Å². The van der Waals surface area contributed by atoms with E-state index in [-0.39, 0.29) is 23.9 Å². The molecule has 0 bridgehead atoms. The minimum absolute atomic E-state index is 0.0300. The summed E-state index contributed by atoms with van der Waals surface area (Å²) in [5, 5.41) is 2.97. The predicted molar refractivity (Wildman–Crippen MR) is 54.7 cm³/mol. The first-order chi connectivity index (χ1) is 6.52. The van der Waals surface area contributed by atoms with Gasteiger partial charge in [-0.25, -0.2) is 0 Å². The van der Waals surface area contributed by atoms with Gasteiger partial charge in [-0.05, 0) is 6.92 Å². The minimum Gasteiger partial charge on any atom is -0.379 e. The second-order valence-corrected chi connectivity index (χ2v) is 4.28. The zero-order chi connectivity index (χ0) is 10.7. The normalized spacial score (nSPS) is 31.1. The first-order valence-corrected chi connectivity index (χ1v) is 5.16. The van der Waals surface area contributed by atoms with Gasteiger partial charge >= 0.3 is 0 Å². The van der Waals surface area contributed by atoms with Crippen LogP contribution in [-0.2, 0) is 9.53 Å². The van der Waals surface area contributed by atoms with E-state index in [0.717, 1.165) is 6.61 Å². The smallest absolute Gasteiger partial charge is 0.224 e. The molecule has 82 valence electrons. The molecule has 4 unspecified atom stereocenters. The van der Waals surface area contributed by atoms with Crippen molar-refractivity contribution in [1.29, 1.82) is 0 Å². The highest BCUT2D eigenvalue weighted by atomic mass is 16.5. The molecule has 0 aromatic rings. The lowest BCUT2D eigenvalue weighted by Gasteiger charge is -2.20. The Morgan fingerprint density at radius 1 is 1.50 bits per heavy atom. The fourth-order valence-corrected chi connectivity index (χ4v) is 1.40. The highest BCUT2D eigenvalue weighted by Gasteiger charge is 2.27. The number of carbonyl (C=O) groups excluding carboxylic acids is 1. The average Bonchev–Trinajstić information content (AvgIpc) is 2.50. The van der Waals surface area contributed by atoms with Gasteiger partial charge in [0.15, 0.2) is 0 Å². The Morgan fingerprint density at radius 3 is 2.57 bits per heavy atom. The lowest BCUT2D eigenvalue weighted by Crippen LogP contribution is -2.45. The Labute approximate surface area is 85.2 Å². The molecule has 0 radical (unpaired) electrons. The molecule has 1 saturated heterocycles. The largest absolute Gasteiger partial charge is 0.379 e. The summed E-state index contributed by atoms with van der Waals surface area (Å²) in [7, 11) is 0. The van der Waals surface area contributed by atoms with E-state index < -0.39 is 0 Å². The van der Waals surface area contributed by atoms with Gasteiger partial charge in [0.2, 0.25) is 5.91 Å². The van der Waals surface area contributed by atoms with Crippen LogP contribution < -0.4 is 11.1 Å². The zero-order valence-corrected chi connectivity index (χ0v) is 9.12. The van der Waals surface area contributed by atoms with Crippen molar-refractivity contribution in [2.45, 2.75) is 32.9 Å². The summed E-state index contributed by atoms with van der Waals surface area (Å²) in [6.45, 7) is 7.13. The third-order valence-corrected chi connectivity index (χ3v) is 2.89. The maximum Gasteiger partial charge on any atom is 0.224 e. The van der Waals surface area contributed by atoms with Crippen molar-refractivity contribution in [3.63, 3.8) is 0 Å². The Bertz CT molecular complexity index is 206. The van der Waals surface area contributed by atoms with Crippen molar-refractivity contribution in [1.82, 2.24) is 5.32 Å². The molecule has 0 aromatic heterocycles. The molecule has 1 heterocycles. The van der Waals surface area contributed by atoms with E-state index in [0.29, 0.717) is 12.5 Å². The second kappa shape index (κ2) is 4.75. The van der Waals surface area contributed by atoms with Crippen LogP contribution in [0.15, 0.2) is 0 Å². The predicted octanol–water partition coefficient (Wildman–Crippen LogP) is 0.121. The molecule has 1 amide bonds. The van der Waals surface area contributed by atoms with Gasteiger partial charge in [-0.3, -0.25) is 4.79 Å². The van der Waals surface area contributed by atoms with Gasteiger partial charge in [0.1, 0.15) is 0 Å². The molecule has 4 nitrogen and oxygen atoms in total. The summed E-state index contributed by atoms with van der Waals surface area (Å²) in [4.78, 5) is 11.6. The van der Waals surface area contributed by atoms with E-state index in [4.69, 9.17) is 10.5 Å². The van der Waals surface area contributed by atoms with Gasteiger partial charge in [-0.15, -0.1) is 0 Å². The highest BCUT2D eigenvalue weighted by Crippen LogP contribution is 2.13. The molecule has 0 spiro atoms.